The molecule has 2 aromatic rings. The van der Waals surface area contributed by atoms with Crippen LogP contribution in [0.15, 0.2) is 42.6 Å². The second-order valence-electron chi connectivity index (χ2n) is 5.24. The summed E-state index contributed by atoms with van der Waals surface area (Å²) >= 11 is 0. The number of aromatic nitrogens is 1. The molecule has 0 atom stereocenters. The number of hydrogen-bond acceptors (Lipinski definition) is 4. The van der Waals surface area contributed by atoms with Crippen LogP contribution in [-0.4, -0.2) is 25.2 Å². The van der Waals surface area contributed by atoms with Crippen LogP contribution in [-0.2, 0) is 6.54 Å². The zero-order valence-corrected chi connectivity index (χ0v) is 12.4. The molecule has 1 saturated heterocycles. The number of rotatable bonds is 5. The SMILES string of the molecule is COc1ncccc1NCc1ccccc1N1CCCC1. The van der Waals surface area contributed by atoms with E-state index in [1.807, 2.05) is 12.1 Å². The van der Waals surface area contributed by atoms with Crippen molar-refractivity contribution in [1.29, 1.82) is 0 Å². The van der Waals surface area contributed by atoms with Crippen molar-refractivity contribution in [2.75, 3.05) is 30.4 Å². The molecule has 0 aliphatic carbocycles. The van der Waals surface area contributed by atoms with Gasteiger partial charge in [-0.1, -0.05) is 18.2 Å². The second-order valence-corrected chi connectivity index (χ2v) is 5.24. The van der Waals surface area contributed by atoms with Crippen molar-refractivity contribution < 1.29 is 4.74 Å². The molecule has 4 nitrogen and oxygen atoms in total. The molecule has 0 unspecified atom stereocenters. The first-order chi connectivity index (χ1) is 10.4. The van der Waals surface area contributed by atoms with Crippen LogP contribution in [0.5, 0.6) is 5.88 Å². The van der Waals surface area contributed by atoms with Crippen LogP contribution in [0, 0.1) is 0 Å². The molecule has 1 aromatic heterocycles. The number of benzene rings is 1. The minimum absolute atomic E-state index is 0.635. The summed E-state index contributed by atoms with van der Waals surface area (Å²) in [6.07, 6.45) is 4.32. The highest BCUT2D eigenvalue weighted by atomic mass is 16.5. The molecule has 0 bridgehead atoms. The van der Waals surface area contributed by atoms with Crippen molar-refractivity contribution >= 4 is 11.4 Å². The number of anilines is 2. The average molecular weight is 283 g/mol. The Labute approximate surface area is 125 Å². The minimum atomic E-state index is 0.635. The molecule has 21 heavy (non-hydrogen) atoms. The van der Waals surface area contributed by atoms with Crippen molar-refractivity contribution in [1.82, 2.24) is 4.98 Å². The minimum Gasteiger partial charge on any atom is -0.480 e. The van der Waals surface area contributed by atoms with E-state index >= 15 is 0 Å². The maximum Gasteiger partial charge on any atom is 0.237 e. The summed E-state index contributed by atoms with van der Waals surface area (Å²) in [6.45, 7) is 3.09. The molecule has 1 fully saturated rings. The zero-order valence-electron chi connectivity index (χ0n) is 12.4. The second kappa shape index (κ2) is 6.48. The van der Waals surface area contributed by atoms with Gasteiger partial charge in [0.1, 0.15) is 0 Å². The standard InChI is InChI=1S/C17H21N3O/c1-21-17-15(8-6-10-18-17)19-13-14-7-2-3-9-16(14)20-11-4-5-12-20/h2-3,6-10,19H,4-5,11-13H2,1H3. The van der Waals surface area contributed by atoms with Crippen molar-refractivity contribution in [3.63, 3.8) is 0 Å². The smallest absolute Gasteiger partial charge is 0.237 e. The topological polar surface area (TPSA) is 37.4 Å². The lowest BCUT2D eigenvalue weighted by Crippen LogP contribution is -2.20. The molecule has 0 radical (unpaired) electrons. The van der Waals surface area contributed by atoms with E-state index in [1.54, 1.807) is 13.3 Å². The molecule has 0 spiro atoms. The summed E-state index contributed by atoms with van der Waals surface area (Å²) in [7, 11) is 1.64. The van der Waals surface area contributed by atoms with Crippen molar-refractivity contribution in [3.05, 3.63) is 48.2 Å². The van der Waals surface area contributed by atoms with Crippen molar-refractivity contribution in [2.24, 2.45) is 0 Å². The maximum atomic E-state index is 5.28. The van der Waals surface area contributed by atoms with E-state index in [9.17, 15) is 0 Å². The number of pyridine rings is 1. The number of nitrogens with zero attached hydrogens (tertiary/aromatic N) is 2. The summed E-state index contributed by atoms with van der Waals surface area (Å²) < 4.78 is 5.28. The lowest BCUT2D eigenvalue weighted by atomic mass is 10.1. The van der Waals surface area contributed by atoms with Crippen LogP contribution in [0.25, 0.3) is 0 Å². The van der Waals surface area contributed by atoms with Gasteiger partial charge in [0.05, 0.1) is 12.8 Å². The van der Waals surface area contributed by atoms with Crippen molar-refractivity contribution in [2.45, 2.75) is 19.4 Å². The van der Waals surface area contributed by atoms with Crippen LogP contribution < -0.4 is 15.0 Å². The van der Waals surface area contributed by atoms with Gasteiger partial charge in [-0.25, -0.2) is 4.98 Å². The Hall–Kier alpha value is -2.23. The highest BCUT2D eigenvalue weighted by Gasteiger charge is 2.15. The van der Waals surface area contributed by atoms with Gasteiger partial charge < -0.3 is 15.0 Å². The van der Waals surface area contributed by atoms with Crippen LogP contribution in [0.4, 0.5) is 11.4 Å². The van der Waals surface area contributed by atoms with E-state index in [0.29, 0.717) is 5.88 Å². The van der Waals surface area contributed by atoms with E-state index in [2.05, 4.69) is 39.5 Å². The van der Waals surface area contributed by atoms with Crippen molar-refractivity contribution in [3.8, 4) is 5.88 Å². The molecule has 2 heterocycles. The molecule has 1 N–H and O–H groups in total. The number of para-hydroxylation sites is 1. The summed E-state index contributed by atoms with van der Waals surface area (Å²) in [6, 6.07) is 12.5. The van der Waals surface area contributed by atoms with Gasteiger partial charge >= 0.3 is 0 Å². The molecule has 0 saturated carbocycles. The van der Waals surface area contributed by atoms with Crippen LogP contribution in [0.1, 0.15) is 18.4 Å². The summed E-state index contributed by atoms with van der Waals surface area (Å²) in [4.78, 5) is 6.68. The fourth-order valence-electron chi connectivity index (χ4n) is 2.81. The Morgan fingerprint density at radius 1 is 1.14 bits per heavy atom. The van der Waals surface area contributed by atoms with Gasteiger partial charge in [-0.3, -0.25) is 0 Å². The Kier molecular flexibility index (Phi) is 4.24. The molecule has 1 aliphatic rings. The maximum absolute atomic E-state index is 5.28. The summed E-state index contributed by atoms with van der Waals surface area (Å²) in [5, 5.41) is 3.43. The first-order valence-corrected chi connectivity index (χ1v) is 7.44. The quantitative estimate of drug-likeness (QED) is 0.913. The lowest BCUT2D eigenvalue weighted by Gasteiger charge is -2.22. The van der Waals surface area contributed by atoms with E-state index < -0.39 is 0 Å². The Balaban J connectivity index is 1.76. The highest BCUT2D eigenvalue weighted by molar-refractivity contribution is 5.57. The average Bonchev–Trinajstić information content (AvgIpc) is 3.08. The van der Waals surface area contributed by atoms with Gasteiger partial charge in [0.15, 0.2) is 0 Å². The van der Waals surface area contributed by atoms with Crippen LogP contribution in [0.3, 0.4) is 0 Å². The third-order valence-corrected chi connectivity index (χ3v) is 3.87. The van der Waals surface area contributed by atoms with E-state index in [1.165, 1.54) is 24.1 Å². The zero-order chi connectivity index (χ0) is 14.5. The van der Waals surface area contributed by atoms with Gasteiger partial charge in [0, 0.05) is 31.5 Å². The fourth-order valence-corrected chi connectivity index (χ4v) is 2.81. The largest absolute Gasteiger partial charge is 0.480 e. The van der Waals surface area contributed by atoms with Gasteiger partial charge in [0.2, 0.25) is 5.88 Å². The first kappa shape index (κ1) is 13.7. The molecule has 4 heteroatoms. The molecule has 1 aliphatic heterocycles. The molecular weight excluding hydrogens is 262 g/mol. The highest BCUT2D eigenvalue weighted by Crippen LogP contribution is 2.26. The fraction of sp³-hybridized carbons (Fsp3) is 0.353. The Morgan fingerprint density at radius 2 is 1.95 bits per heavy atom. The third-order valence-electron chi connectivity index (χ3n) is 3.87. The lowest BCUT2D eigenvalue weighted by molar-refractivity contribution is 0.399. The van der Waals surface area contributed by atoms with E-state index in [4.69, 9.17) is 4.74 Å². The van der Waals surface area contributed by atoms with Crippen LogP contribution >= 0.6 is 0 Å². The van der Waals surface area contributed by atoms with Gasteiger partial charge in [-0.05, 0) is 36.6 Å². The first-order valence-electron chi connectivity index (χ1n) is 7.44. The predicted molar refractivity (Wildman–Crippen MR) is 86.0 cm³/mol. The molecule has 3 rings (SSSR count). The monoisotopic (exact) mass is 283 g/mol. The molecule has 0 amide bonds. The Morgan fingerprint density at radius 3 is 2.76 bits per heavy atom. The number of methoxy groups -OCH3 is 1. The summed E-state index contributed by atoms with van der Waals surface area (Å²) in [5.41, 5.74) is 3.58. The van der Waals surface area contributed by atoms with E-state index in [0.717, 1.165) is 25.3 Å². The summed E-state index contributed by atoms with van der Waals surface area (Å²) in [5.74, 6) is 0.635. The third kappa shape index (κ3) is 3.10. The number of ether oxygens (including phenoxy) is 1. The van der Waals surface area contributed by atoms with Crippen LogP contribution in [0.2, 0.25) is 0 Å². The van der Waals surface area contributed by atoms with Gasteiger partial charge in [-0.2, -0.15) is 0 Å². The molecule has 110 valence electrons. The number of hydrogen-bond donors (Lipinski definition) is 1. The number of nitrogens with one attached hydrogen (secondary N) is 1. The Bertz CT molecular complexity index is 594. The van der Waals surface area contributed by atoms with Gasteiger partial charge in [0.25, 0.3) is 0 Å². The van der Waals surface area contributed by atoms with E-state index in [-0.39, 0.29) is 0 Å². The van der Waals surface area contributed by atoms with Gasteiger partial charge in [-0.15, -0.1) is 0 Å². The molecular formula is C17H21N3O. The predicted octanol–water partition coefficient (Wildman–Crippen LogP) is 3.30. The molecule has 1 aromatic carbocycles. The normalized spacial score (nSPS) is 14.2.